The van der Waals surface area contributed by atoms with Gasteiger partial charge in [0.05, 0.1) is 0 Å². The van der Waals surface area contributed by atoms with Crippen molar-refractivity contribution >= 4 is 35.8 Å². The molecule has 1 amide bonds. The highest BCUT2D eigenvalue weighted by Crippen LogP contribution is 2.18. The van der Waals surface area contributed by atoms with Crippen LogP contribution in [0.25, 0.3) is 0 Å². The molecule has 1 aromatic carbocycles. The highest BCUT2D eigenvalue weighted by Gasteiger charge is 2.23. The van der Waals surface area contributed by atoms with Crippen LogP contribution in [0.5, 0.6) is 5.75 Å². The standard InChI is InChI=1S/C23H38N4O2.HI/c1-17(2)6-5-7-18(3)26-23(24-4)25-15-14-19-8-12-21(13-9-19)29-16-22(28)27-20-10-11-20;/h8-9,12-13,17-18,20H,5-7,10-11,14-16H2,1-4H3,(H,27,28)(H2,24,25,26);1H. The van der Waals surface area contributed by atoms with Crippen LogP contribution in [0.4, 0.5) is 0 Å². The quantitative estimate of drug-likeness (QED) is 0.218. The number of amides is 1. The molecule has 1 aromatic rings. The van der Waals surface area contributed by atoms with Crippen molar-refractivity contribution in [2.75, 3.05) is 20.2 Å². The van der Waals surface area contributed by atoms with E-state index in [9.17, 15) is 4.79 Å². The molecule has 0 spiro atoms. The van der Waals surface area contributed by atoms with Gasteiger partial charge in [-0.2, -0.15) is 0 Å². The maximum Gasteiger partial charge on any atom is 0.258 e. The summed E-state index contributed by atoms with van der Waals surface area (Å²) in [6, 6.07) is 8.71. The van der Waals surface area contributed by atoms with Crippen LogP contribution in [0.15, 0.2) is 29.3 Å². The molecule has 7 heteroatoms. The second-order valence-electron chi connectivity index (χ2n) is 8.39. The second-order valence-corrected chi connectivity index (χ2v) is 8.39. The van der Waals surface area contributed by atoms with Crippen molar-refractivity contribution < 1.29 is 9.53 Å². The third-order valence-electron chi connectivity index (χ3n) is 4.97. The van der Waals surface area contributed by atoms with E-state index in [1.807, 2.05) is 31.3 Å². The highest BCUT2D eigenvalue weighted by atomic mass is 127. The first-order valence-corrected chi connectivity index (χ1v) is 10.9. The number of guanidine groups is 1. The predicted molar refractivity (Wildman–Crippen MR) is 135 cm³/mol. The lowest BCUT2D eigenvalue weighted by atomic mass is 10.0. The zero-order valence-electron chi connectivity index (χ0n) is 18.9. The van der Waals surface area contributed by atoms with Crippen molar-refractivity contribution in [2.24, 2.45) is 10.9 Å². The molecule has 1 unspecified atom stereocenters. The molecular weight excluding hydrogens is 491 g/mol. The Morgan fingerprint density at radius 1 is 1.17 bits per heavy atom. The fourth-order valence-electron chi connectivity index (χ4n) is 3.06. The van der Waals surface area contributed by atoms with Gasteiger partial charge in [0, 0.05) is 25.7 Å². The summed E-state index contributed by atoms with van der Waals surface area (Å²) in [5.41, 5.74) is 1.22. The van der Waals surface area contributed by atoms with Gasteiger partial charge in [-0.25, -0.2) is 0 Å². The van der Waals surface area contributed by atoms with Crippen LogP contribution in [0.1, 0.15) is 58.4 Å². The maximum absolute atomic E-state index is 11.7. The topological polar surface area (TPSA) is 74.8 Å². The molecule has 0 radical (unpaired) electrons. The lowest BCUT2D eigenvalue weighted by Gasteiger charge is -2.18. The Balaban J connectivity index is 0.00000450. The Kier molecular flexibility index (Phi) is 12.8. The average Bonchev–Trinajstić information content (AvgIpc) is 3.50. The molecule has 2 rings (SSSR count). The Morgan fingerprint density at radius 3 is 2.47 bits per heavy atom. The van der Waals surface area contributed by atoms with E-state index in [0.29, 0.717) is 12.1 Å². The summed E-state index contributed by atoms with van der Waals surface area (Å²) in [6.45, 7) is 7.63. The fourth-order valence-corrected chi connectivity index (χ4v) is 3.06. The van der Waals surface area contributed by atoms with E-state index in [-0.39, 0.29) is 36.5 Å². The molecule has 0 heterocycles. The van der Waals surface area contributed by atoms with Crippen LogP contribution in [0.2, 0.25) is 0 Å². The first-order valence-electron chi connectivity index (χ1n) is 10.9. The molecule has 0 aliphatic heterocycles. The largest absolute Gasteiger partial charge is 0.484 e. The van der Waals surface area contributed by atoms with Gasteiger partial charge in [-0.3, -0.25) is 9.79 Å². The van der Waals surface area contributed by atoms with Crippen molar-refractivity contribution in [3.63, 3.8) is 0 Å². The number of ether oxygens (including phenoxy) is 1. The first-order chi connectivity index (χ1) is 14.0. The number of halogens is 1. The van der Waals surface area contributed by atoms with Crippen molar-refractivity contribution in [1.82, 2.24) is 16.0 Å². The molecule has 1 aliphatic rings. The highest BCUT2D eigenvalue weighted by molar-refractivity contribution is 14.0. The van der Waals surface area contributed by atoms with Gasteiger partial charge in [0.2, 0.25) is 0 Å². The minimum atomic E-state index is -0.0434. The fraction of sp³-hybridized carbons (Fsp3) is 0.652. The summed E-state index contributed by atoms with van der Waals surface area (Å²) in [4.78, 5) is 16.0. The number of rotatable bonds is 12. The molecule has 0 bridgehead atoms. The zero-order chi connectivity index (χ0) is 21.1. The summed E-state index contributed by atoms with van der Waals surface area (Å²) >= 11 is 0. The van der Waals surface area contributed by atoms with E-state index in [1.54, 1.807) is 0 Å². The average molecular weight is 530 g/mol. The molecule has 3 N–H and O–H groups in total. The van der Waals surface area contributed by atoms with Crippen molar-refractivity contribution in [3.05, 3.63) is 29.8 Å². The van der Waals surface area contributed by atoms with Crippen molar-refractivity contribution in [2.45, 2.75) is 71.4 Å². The number of benzene rings is 1. The van der Waals surface area contributed by atoms with Gasteiger partial charge in [0.1, 0.15) is 5.75 Å². The summed E-state index contributed by atoms with van der Waals surface area (Å²) in [5.74, 6) is 2.29. The lowest BCUT2D eigenvalue weighted by Crippen LogP contribution is -2.42. The second kappa shape index (κ2) is 14.5. The number of aliphatic imine (C=N–C) groups is 1. The van der Waals surface area contributed by atoms with Gasteiger partial charge in [-0.15, -0.1) is 24.0 Å². The predicted octanol–water partition coefficient (Wildman–Crippen LogP) is 3.88. The summed E-state index contributed by atoms with van der Waals surface area (Å²) in [5, 5.41) is 9.76. The molecule has 0 saturated heterocycles. The summed E-state index contributed by atoms with van der Waals surface area (Å²) in [7, 11) is 1.81. The molecule has 30 heavy (non-hydrogen) atoms. The normalized spacial score (nSPS) is 14.6. The molecule has 6 nitrogen and oxygen atoms in total. The Morgan fingerprint density at radius 2 is 1.87 bits per heavy atom. The Bertz CT molecular complexity index is 645. The van der Waals surface area contributed by atoms with E-state index in [2.05, 4.69) is 41.7 Å². The Hall–Kier alpha value is -1.51. The number of carbonyl (C=O) groups excluding carboxylic acids is 1. The number of nitrogens with zero attached hydrogens (tertiary/aromatic N) is 1. The van der Waals surface area contributed by atoms with Gasteiger partial charge < -0.3 is 20.7 Å². The zero-order valence-corrected chi connectivity index (χ0v) is 21.2. The lowest BCUT2D eigenvalue weighted by molar-refractivity contribution is -0.123. The first kappa shape index (κ1) is 26.5. The van der Waals surface area contributed by atoms with E-state index in [4.69, 9.17) is 4.74 Å². The van der Waals surface area contributed by atoms with Crippen LogP contribution < -0.4 is 20.7 Å². The van der Waals surface area contributed by atoms with Crippen LogP contribution in [0.3, 0.4) is 0 Å². The van der Waals surface area contributed by atoms with Crippen molar-refractivity contribution in [1.29, 1.82) is 0 Å². The monoisotopic (exact) mass is 530 g/mol. The van der Waals surface area contributed by atoms with Crippen LogP contribution in [-0.2, 0) is 11.2 Å². The maximum atomic E-state index is 11.7. The number of nitrogens with one attached hydrogen (secondary N) is 3. The molecule has 0 aromatic heterocycles. The number of hydrogen-bond donors (Lipinski definition) is 3. The summed E-state index contributed by atoms with van der Waals surface area (Å²) in [6.07, 6.45) is 6.73. The van der Waals surface area contributed by atoms with Gasteiger partial charge >= 0.3 is 0 Å². The van der Waals surface area contributed by atoms with Crippen LogP contribution in [-0.4, -0.2) is 44.1 Å². The number of hydrogen-bond acceptors (Lipinski definition) is 3. The van der Waals surface area contributed by atoms with E-state index in [1.165, 1.54) is 18.4 Å². The van der Waals surface area contributed by atoms with Gasteiger partial charge in [-0.1, -0.05) is 38.8 Å². The Labute approximate surface area is 199 Å². The minimum Gasteiger partial charge on any atom is -0.484 e. The third kappa shape index (κ3) is 11.6. The molecule has 1 fully saturated rings. The summed E-state index contributed by atoms with van der Waals surface area (Å²) < 4.78 is 5.55. The van der Waals surface area contributed by atoms with Gasteiger partial charge in [0.15, 0.2) is 12.6 Å². The molecule has 170 valence electrons. The van der Waals surface area contributed by atoms with Crippen LogP contribution in [0, 0.1) is 5.92 Å². The minimum absolute atomic E-state index is 0. The number of carbonyl (C=O) groups is 1. The molecular formula is C23H39IN4O2. The molecule has 1 atom stereocenters. The van der Waals surface area contributed by atoms with Gasteiger partial charge in [0.25, 0.3) is 5.91 Å². The van der Waals surface area contributed by atoms with E-state index >= 15 is 0 Å². The smallest absolute Gasteiger partial charge is 0.258 e. The van der Waals surface area contributed by atoms with Crippen molar-refractivity contribution in [3.8, 4) is 5.75 Å². The van der Waals surface area contributed by atoms with E-state index in [0.717, 1.165) is 49.9 Å². The van der Waals surface area contributed by atoms with Crippen LogP contribution >= 0.6 is 24.0 Å². The van der Waals surface area contributed by atoms with Gasteiger partial charge in [-0.05, 0) is 56.2 Å². The van der Waals surface area contributed by atoms with E-state index < -0.39 is 0 Å². The SMILES string of the molecule is CN=C(NCCc1ccc(OCC(=O)NC2CC2)cc1)NC(C)CCCC(C)C.I. The third-order valence-corrected chi connectivity index (χ3v) is 4.97. The molecule has 1 saturated carbocycles. The molecule has 1 aliphatic carbocycles.